The highest BCUT2D eigenvalue weighted by Crippen LogP contribution is 2.42. The minimum Gasteiger partial charge on any atom is -0.493 e. The lowest BCUT2D eigenvalue weighted by Crippen LogP contribution is -2.56. The Hall–Kier alpha value is -3.02. The number of methoxy groups -OCH3 is 1. The van der Waals surface area contributed by atoms with Gasteiger partial charge >= 0.3 is 0 Å². The molecule has 29 heavy (non-hydrogen) atoms. The van der Waals surface area contributed by atoms with E-state index >= 15 is 0 Å². The first-order chi connectivity index (χ1) is 14.0. The summed E-state index contributed by atoms with van der Waals surface area (Å²) in [5.41, 5.74) is 1.69. The molecule has 1 atom stereocenters. The van der Waals surface area contributed by atoms with Gasteiger partial charge < -0.3 is 19.3 Å². The second-order valence-electron chi connectivity index (χ2n) is 7.82. The SMILES string of the molecule is COc1cccc2c1Oc1ccccc1N=C2N1CCN(C(=O)C(C)C)[C@H](C)C1. The average molecular weight is 393 g/mol. The van der Waals surface area contributed by atoms with E-state index in [0.29, 0.717) is 23.8 Å². The standard InChI is InChI=1S/C23H27N3O3/c1-15(2)23(27)26-13-12-25(14-16(26)3)22-17-8-7-11-20(28-4)21(17)29-19-10-6-5-9-18(19)24-22/h5-11,15-16H,12-14H2,1-4H3/t16-/m1/s1. The van der Waals surface area contributed by atoms with E-state index in [9.17, 15) is 4.79 Å². The number of carbonyl (C=O) groups is 1. The number of para-hydroxylation sites is 3. The number of piperazine rings is 1. The summed E-state index contributed by atoms with van der Waals surface area (Å²) in [5, 5.41) is 0. The van der Waals surface area contributed by atoms with Crippen LogP contribution >= 0.6 is 0 Å². The molecule has 0 aromatic heterocycles. The fourth-order valence-corrected chi connectivity index (χ4v) is 3.93. The molecule has 2 aromatic carbocycles. The molecule has 1 fully saturated rings. The molecule has 1 saturated heterocycles. The van der Waals surface area contributed by atoms with Crippen LogP contribution in [0, 0.1) is 5.92 Å². The quantitative estimate of drug-likeness (QED) is 0.772. The highest BCUT2D eigenvalue weighted by atomic mass is 16.5. The number of aliphatic imine (C=N–C) groups is 1. The molecule has 0 radical (unpaired) electrons. The van der Waals surface area contributed by atoms with Crippen LogP contribution in [0.5, 0.6) is 17.2 Å². The van der Waals surface area contributed by atoms with E-state index in [1.807, 2.05) is 61.2 Å². The van der Waals surface area contributed by atoms with Gasteiger partial charge in [0.1, 0.15) is 11.5 Å². The number of carbonyl (C=O) groups excluding carboxylic acids is 1. The Kier molecular flexibility index (Phi) is 5.18. The van der Waals surface area contributed by atoms with Gasteiger partial charge in [-0.05, 0) is 31.2 Å². The van der Waals surface area contributed by atoms with Crippen molar-refractivity contribution in [2.75, 3.05) is 26.7 Å². The normalized spacial score (nSPS) is 18.4. The lowest BCUT2D eigenvalue weighted by Gasteiger charge is -2.42. The molecule has 0 bridgehead atoms. The third kappa shape index (κ3) is 3.55. The van der Waals surface area contributed by atoms with Crippen molar-refractivity contribution in [2.24, 2.45) is 10.9 Å². The van der Waals surface area contributed by atoms with Gasteiger partial charge in [0.15, 0.2) is 17.2 Å². The minimum absolute atomic E-state index is 0.00415. The molecule has 0 unspecified atom stereocenters. The Morgan fingerprint density at radius 1 is 1.17 bits per heavy atom. The number of amidine groups is 1. The number of fused-ring (bicyclic) bond motifs is 2. The van der Waals surface area contributed by atoms with E-state index in [0.717, 1.165) is 30.2 Å². The zero-order chi connectivity index (χ0) is 20.5. The van der Waals surface area contributed by atoms with Crippen LogP contribution in [0.1, 0.15) is 26.3 Å². The van der Waals surface area contributed by atoms with Gasteiger partial charge in [-0.1, -0.05) is 32.0 Å². The first-order valence-electron chi connectivity index (χ1n) is 10.1. The van der Waals surface area contributed by atoms with Gasteiger partial charge in [-0.2, -0.15) is 0 Å². The number of benzene rings is 2. The molecule has 1 amide bonds. The molecular formula is C23H27N3O3. The van der Waals surface area contributed by atoms with Crippen molar-refractivity contribution in [1.82, 2.24) is 9.80 Å². The van der Waals surface area contributed by atoms with Crippen LogP contribution in [-0.4, -0.2) is 54.3 Å². The minimum atomic E-state index is 0.00415. The molecule has 2 aliphatic heterocycles. The number of hydrogen-bond donors (Lipinski definition) is 0. The van der Waals surface area contributed by atoms with E-state index in [2.05, 4.69) is 11.8 Å². The van der Waals surface area contributed by atoms with Crippen molar-refractivity contribution in [3.63, 3.8) is 0 Å². The zero-order valence-electron chi connectivity index (χ0n) is 17.4. The summed E-state index contributed by atoms with van der Waals surface area (Å²) in [6.45, 7) is 8.12. The lowest BCUT2D eigenvalue weighted by atomic mass is 10.1. The molecule has 2 aliphatic rings. The highest BCUT2D eigenvalue weighted by Gasteiger charge is 2.32. The Morgan fingerprint density at radius 2 is 1.97 bits per heavy atom. The predicted octanol–water partition coefficient (Wildman–Crippen LogP) is 4.07. The maximum atomic E-state index is 12.5. The van der Waals surface area contributed by atoms with Gasteiger partial charge in [0.05, 0.1) is 12.7 Å². The van der Waals surface area contributed by atoms with Crippen LogP contribution in [0.2, 0.25) is 0 Å². The zero-order valence-corrected chi connectivity index (χ0v) is 17.4. The van der Waals surface area contributed by atoms with Crippen molar-refractivity contribution in [2.45, 2.75) is 26.8 Å². The summed E-state index contributed by atoms with van der Waals surface area (Å²) >= 11 is 0. The third-order valence-electron chi connectivity index (χ3n) is 5.45. The molecule has 4 rings (SSSR count). The Morgan fingerprint density at radius 3 is 2.69 bits per heavy atom. The maximum absolute atomic E-state index is 12.5. The molecule has 0 saturated carbocycles. The van der Waals surface area contributed by atoms with Gasteiger partial charge in [-0.25, -0.2) is 4.99 Å². The molecule has 0 N–H and O–H groups in total. The molecular weight excluding hydrogens is 366 g/mol. The van der Waals surface area contributed by atoms with Gasteiger partial charge in [-0.3, -0.25) is 4.79 Å². The molecule has 2 aromatic rings. The molecule has 0 aliphatic carbocycles. The van der Waals surface area contributed by atoms with Crippen LogP contribution in [0.3, 0.4) is 0 Å². The Balaban J connectivity index is 1.73. The topological polar surface area (TPSA) is 54.4 Å². The number of hydrogen-bond acceptors (Lipinski definition) is 5. The van der Waals surface area contributed by atoms with E-state index in [1.165, 1.54) is 0 Å². The molecule has 0 spiro atoms. The van der Waals surface area contributed by atoms with Crippen LogP contribution in [0.25, 0.3) is 0 Å². The second kappa shape index (κ2) is 7.78. The van der Waals surface area contributed by atoms with Crippen LogP contribution < -0.4 is 9.47 Å². The lowest BCUT2D eigenvalue weighted by molar-refractivity contribution is -0.138. The Labute approximate surface area is 171 Å². The third-order valence-corrected chi connectivity index (χ3v) is 5.45. The fraction of sp³-hybridized carbons (Fsp3) is 0.391. The van der Waals surface area contributed by atoms with Gasteiger partial charge in [0.25, 0.3) is 0 Å². The van der Waals surface area contributed by atoms with E-state index in [1.54, 1.807) is 7.11 Å². The van der Waals surface area contributed by atoms with E-state index < -0.39 is 0 Å². The van der Waals surface area contributed by atoms with Crippen LogP contribution in [0.15, 0.2) is 47.5 Å². The van der Waals surface area contributed by atoms with Crippen molar-refractivity contribution >= 4 is 17.4 Å². The Bertz CT molecular complexity index is 954. The summed E-state index contributed by atoms with van der Waals surface area (Å²) in [5.74, 6) is 3.11. The summed E-state index contributed by atoms with van der Waals surface area (Å²) in [6, 6.07) is 13.7. The highest BCUT2D eigenvalue weighted by molar-refractivity contribution is 6.04. The van der Waals surface area contributed by atoms with Crippen molar-refractivity contribution in [3.05, 3.63) is 48.0 Å². The molecule has 6 nitrogen and oxygen atoms in total. The predicted molar refractivity (Wildman–Crippen MR) is 113 cm³/mol. The first-order valence-corrected chi connectivity index (χ1v) is 10.1. The first kappa shape index (κ1) is 19.3. The monoisotopic (exact) mass is 393 g/mol. The van der Waals surface area contributed by atoms with Crippen LogP contribution in [-0.2, 0) is 4.79 Å². The summed E-state index contributed by atoms with van der Waals surface area (Å²) in [6.07, 6.45) is 0. The van der Waals surface area contributed by atoms with Crippen molar-refractivity contribution < 1.29 is 14.3 Å². The number of rotatable bonds is 2. The summed E-state index contributed by atoms with van der Waals surface area (Å²) in [4.78, 5) is 21.7. The molecule has 2 heterocycles. The largest absolute Gasteiger partial charge is 0.493 e. The fourth-order valence-electron chi connectivity index (χ4n) is 3.93. The maximum Gasteiger partial charge on any atom is 0.225 e. The number of nitrogens with zero attached hydrogens (tertiary/aromatic N) is 3. The number of ether oxygens (including phenoxy) is 2. The summed E-state index contributed by atoms with van der Waals surface area (Å²) in [7, 11) is 1.64. The number of amides is 1. The summed E-state index contributed by atoms with van der Waals surface area (Å²) < 4.78 is 11.8. The molecule has 152 valence electrons. The van der Waals surface area contributed by atoms with Crippen molar-refractivity contribution in [3.8, 4) is 17.2 Å². The average Bonchev–Trinajstić information content (AvgIpc) is 2.89. The van der Waals surface area contributed by atoms with Gasteiger partial charge in [0, 0.05) is 31.6 Å². The van der Waals surface area contributed by atoms with Gasteiger partial charge in [-0.15, -0.1) is 0 Å². The smallest absolute Gasteiger partial charge is 0.225 e. The van der Waals surface area contributed by atoms with Crippen molar-refractivity contribution in [1.29, 1.82) is 0 Å². The van der Waals surface area contributed by atoms with Gasteiger partial charge in [0.2, 0.25) is 5.91 Å². The van der Waals surface area contributed by atoms with Crippen LogP contribution in [0.4, 0.5) is 5.69 Å². The second-order valence-corrected chi connectivity index (χ2v) is 7.82. The van der Waals surface area contributed by atoms with E-state index in [-0.39, 0.29) is 17.9 Å². The molecule has 6 heteroatoms. The van der Waals surface area contributed by atoms with E-state index in [4.69, 9.17) is 14.5 Å².